The minimum Gasteiger partial charge on any atom is -0.350 e. The molecule has 2 aliphatic rings. The van der Waals surface area contributed by atoms with Crippen molar-refractivity contribution in [2.45, 2.75) is 44.7 Å². The largest absolute Gasteiger partial charge is 0.350 e. The maximum absolute atomic E-state index is 6.48. The lowest BCUT2D eigenvalue weighted by Gasteiger charge is -2.41. The highest BCUT2D eigenvalue weighted by Gasteiger charge is 2.29. The van der Waals surface area contributed by atoms with Crippen molar-refractivity contribution in [2.24, 2.45) is 5.92 Å². The Bertz CT molecular complexity index is 1030. The summed E-state index contributed by atoms with van der Waals surface area (Å²) in [5, 5.41) is 8.62. The van der Waals surface area contributed by atoms with Gasteiger partial charge in [-0.2, -0.15) is 0 Å². The third-order valence-corrected chi connectivity index (χ3v) is 7.15. The van der Waals surface area contributed by atoms with E-state index in [1.165, 1.54) is 25.8 Å². The van der Waals surface area contributed by atoms with Crippen molar-refractivity contribution in [2.75, 3.05) is 31.5 Å². The van der Waals surface area contributed by atoms with Crippen LogP contribution in [0.2, 0.25) is 5.02 Å². The molecular formula is C23H30ClN7. The summed E-state index contributed by atoms with van der Waals surface area (Å²) in [6, 6.07) is 4.92. The highest BCUT2D eigenvalue weighted by molar-refractivity contribution is 6.33. The molecule has 3 aromatic rings. The van der Waals surface area contributed by atoms with Gasteiger partial charge in [-0.1, -0.05) is 11.6 Å². The molecule has 5 rings (SSSR count). The van der Waals surface area contributed by atoms with Crippen molar-refractivity contribution in [3.63, 3.8) is 0 Å². The molecule has 164 valence electrons. The van der Waals surface area contributed by atoms with E-state index in [0.29, 0.717) is 23.1 Å². The van der Waals surface area contributed by atoms with E-state index in [2.05, 4.69) is 37.4 Å². The molecule has 0 aromatic carbocycles. The molecule has 7 nitrogen and oxygen atoms in total. The van der Waals surface area contributed by atoms with E-state index in [4.69, 9.17) is 16.6 Å². The van der Waals surface area contributed by atoms with Crippen molar-refractivity contribution in [3.05, 3.63) is 35.7 Å². The molecule has 1 unspecified atom stereocenters. The third kappa shape index (κ3) is 4.40. The highest BCUT2D eigenvalue weighted by atomic mass is 35.5. The minimum absolute atomic E-state index is 0.344. The number of fused-ring (bicyclic) bond motifs is 1. The van der Waals surface area contributed by atoms with Gasteiger partial charge in [0.1, 0.15) is 5.65 Å². The first-order chi connectivity index (χ1) is 15.2. The zero-order valence-electron chi connectivity index (χ0n) is 17.9. The molecule has 3 N–H and O–H groups in total. The number of likely N-dealkylation sites (tertiary alicyclic amines) is 1. The number of pyridine rings is 1. The van der Waals surface area contributed by atoms with Gasteiger partial charge in [-0.25, -0.2) is 15.0 Å². The second-order valence-corrected chi connectivity index (χ2v) is 9.21. The molecule has 8 heteroatoms. The first-order valence-corrected chi connectivity index (χ1v) is 11.7. The smallest absolute Gasteiger partial charge is 0.223 e. The fourth-order valence-corrected chi connectivity index (χ4v) is 5.27. The van der Waals surface area contributed by atoms with Crippen LogP contribution < -0.4 is 10.6 Å². The van der Waals surface area contributed by atoms with Gasteiger partial charge in [-0.3, -0.25) is 4.90 Å². The van der Waals surface area contributed by atoms with Crippen LogP contribution in [-0.4, -0.2) is 63.1 Å². The Labute approximate surface area is 188 Å². The molecule has 3 aromatic heterocycles. The number of aromatic amines is 1. The van der Waals surface area contributed by atoms with Crippen LogP contribution in [0.4, 0.5) is 5.95 Å². The molecule has 2 aliphatic heterocycles. The quantitative estimate of drug-likeness (QED) is 0.558. The summed E-state index contributed by atoms with van der Waals surface area (Å²) in [6.07, 6.45) is 10.3. The maximum Gasteiger partial charge on any atom is 0.223 e. The van der Waals surface area contributed by atoms with Crippen LogP contribution in [0.1, 0.15) is 32.6 Å². The third-order valence-electron chi connectivity index (χ3n) is 6.88. The monoisotopic (exact) mass is 439 g/mol. The zero-order valence-corrected chi connectivity index (χ0v) is 18.7. The van der Waals surface area contributed by atoms with Gasteiger partial charge in [0.05, 0.1) is 16.9 Å². The second kappa shape index (κ2) is 9.10. The fourth-order valence-electron chi connectivity index (χ4n) is 5.08. The van der Waals surface area contributed by atoms with E-state index in [-0.39, 0.29) is 0 Å². The number of nitrogens with zero attached hydrogens (tertiary/aromatic N) is 4. The van der Waals surface area contributed by atoms with Gasteiger partial charge in [-0.05, 0) is 70.3 Å². The van der Waals surface area contributed by atoms with E-state index in [9.17, 15) is 0 Å². The Morgan fingerprint density at radius 3 is 2.97 bits per heavy atom. The molecule has 0 amide bonds. The number of rotatable bonds is 5. The van der Waals surface area contributed by atoms with Gasteiger partial charge in [0.25, 0.3) is 0 Å². The Morgan fingerprint density at radius 2 is 2.10 bits per heavy atom. The molecule has 0 radical (unpaired) electrons. The lowest BCUT2D eigenvalue weighted by molar-refractivity contribution is 0.106. The zero-order chi connectivity index (χ0) is 21.2. The number of hydrogen-bond acceptors (Lipinski definition) is 6. The van der Waals surface area contributed by atoms with Crippen LogP contribution in [0.5, 0.6) is 0 Å². The second-order valence-electron chi connectivity index (χ2n) is 8.80. The van der Waals surface area contributed by atoms with Gasteiger partial charge < -0.3 is 15.6 Å². The van der Waals surface area contributed by atoms with Gasteiger partial charge >= 0.3 is 0 Å². The van der Waals surface area contributed by atoms with Crippen molar-refractivity contribution < 1.29 is 0 Å². The Kier molecular flexibility index (Phi) is 6.07. The van der Waals surface area contributed by atoms with Crippen molar-refractivity contribution >= 4 is 28.6 Å². The highest BCUT2D eigenvalue weighted by Crippen LogP contribution is 2.32. The average Bonchev–Trinajstić information content (AvgIpc) is 3.25. The molecule has 0 saturated carbocycles. The van der Waals surface area contributed by atoms with E-state index < -0.39 is 0 Å². The number of piperidine rings is 2. The summed E-state index contributed by atoms with van der Waals surface area (Å²) in [4.78, 5) is 19.5. The summed E-state index contributed by atoms with van der Waals surface area (Å²) in [5.74, 6) is 1.42. The lowest BCUT2D eigenvalue weighted by Crippen LogP contribution is -2.50. The topological polar surface area (TPSA) is 81.8 Å². The summed E-state index contributed by atoms with van der Waals surface area (Å²) in [5.41, 5.74) is 2.51. The summed E-state index contributed by atoms with van der Waals surface area (Å²) < 4.78 is 0. The predicted octanol–water partition coefficient (Wildman–Crippen LogP) is 3.94. The van der Waals surface area contributed by atoms with Crippen molar-refractivity contribution in [1.82, 2.24) is 30.2 Å². The maximum atomic E-state index is 6.48. The number of hydrogen-bond donors (Lipinski definition) is 3. The molecule has 2 atom stereocenters. The molecule has 0 bridgehead atoms. The number of H-pyrrole nitrogens is 1. The molecule has 5 heterocycles. The van der Waals surface area contributed by atoms with Crippen LogP contribution in [0, 0.1) is 5.92 Å². The van der Waals surface area contributed by atoms with E-state index in [1.54, 1.807) is 12.4 Å². The first kappa shape index (κ1) is 20.7. The Hall–Kier alpha value is -2.22. The van der Waals surface area contributed by atoms with Crippen LogP contribution >= 0.6 is 11.6 Å². The van der Waals surface area contributed by atoms with E-state index >= 15 is 0 Å². The van der Waals surface area contributed by atoms with Gasteiger partial charge in [0, 0.05) is 42.0 Å². The number of halogens is 1. The Morgan fingerprint density at radius 1 is 1.23 bits per heavy atom. The summed E-state index contributed by atoms with van der Waals surface area (Å²) in [6.45, 7) is 6.91. The van der Waals surface area contributed by atoms with Crippen LogP contribution in [-0.2, 0) is 0 Å². The molecule has 0 aliphatic carbocycles. The normalized spacial score (nSPS) is 21.9. The van der Waals surface area contributed by atoms with Crippen LogP contribution in [0.25, 0.3) is 22.3 Å². The van der Waals surface area contributed by atoms with Gasteiger partial charge in [-0.15, -0.1) is 0 Å². The number of nitrogens with one attached hydrogen (secondary N) is 3. The lowest BCUT2D eigenvalue weighted by atomic mass is 9.89. The number of aromatic nitrogens is 4. The Balaban J connectivity index is 1.31. The fraction of sp³-hybridized carbons (Fsp3) is 0.522. The first-order valence-electron chi connectivity index (χ1n) is 11.4. The summed E-state index contributed by atoms with van der Waals surface area (Å²) >= 11 is 6.48. The number of anilines is 1. The molecular weight excluding hydrogens is 410 g/mol. The van der Waals surface area contributed by atoms with Crippen LogP contribution in [0.3, 0.4) is 0 Å². The minimum atomic E-state index is 0.344. The van der Waals surface area contributed by atoms with Crippen molar-refractivity contribution in [1.29, 1.82) is 0 Å². The molecule has 2 saturated heterocycles. The molecule has 2 fully saturated rings. The van der Waals surface area contributed by atoms with Crippen molar-refractivity contribution in [3.8, 4) is 11.3 Å². The average molecular weight is 440 g/mol. The van der Waals surface area contributed by atoms with Gasteiger partial charge in [0.2, 0.25) is 5.95 Å². The van der Waals surface area contributed by atoms with Gasteiger partial charge in [0.15, 0.2) is 0 Å². The predicted molar refractivity (Wildman–Crippen MR) is 125 cm³/mol. The SMILES string of the molecule is CC(C1CCNCC1)N1CCC[C@@H](Nc2ncc(Cl)c(-c3c[nH]c4ncccc34)n2)C1. The standard InChI is InChI=1S/C23H30ClN7/c1-15(16-6-9-25-10-7-16)31-11-3-4-17(14-31)29-23-28-13-20(24)21(30-23)19-12-27-22-18(19)5-2-8-26-22/h2,5,8,12-13,15-17,25H,3-4,6-7,9-11,14H2,1H3,(H,26,27)(H,28,29,30)/t15?,17-/m1/s1. The molecule has 31 heavy (non-hydrogen) atoms. The van der Waals surface area contributed by atoms with Crippen LogP contribution in [0.15, 0.2) is 30.7 Å². The van der Waals surface area contributed by atoms with E-state index in [1.807, 2.05) is 18.3 Å². The molecule has 0 spiro atoms. The van der Waals surface area contributed by atoms with E-state index in [0.717, 1.165) is 54.3 Å². The summed E-state index contributed by atoms with van der Waals surface area (Å²) in [7, 11) is 0.